The van der Waals surface area contributed by atoms with Crippen LogP contribution in [-0.4, -0.2) is 18.0 Å². The van der Waals surface area contributed by atoms with E-state index in [0.29, 0.717) is 13.0 Å². The SMILES string of the molecule is COc1ccc([C@H](CC(=O)NCc2ccncc2C)c2ccccc2)cc1. The number of ether oxygens (including phenoxy) is 1. The number of amides is 1. The number of methoxy groups -OCH3 is 1. The van der Waals surface area contributed by atoms with Crippen molar-refractivity contribution in [1.82, 2.24) is 10.3 Å². The standard InChI is InChI=1S/C23H24N2O2/c1-17-15-24-13-12-20(17)16-25-23(26)14-22(18-6-4-3-5-7-18)19-8-10-21(27-2)11-9-19/h3-13,15,22H,14,16H2,1-2H3,(H,25,26)/t22-/m1/s1. The second kappa shape index (κ2) is 8.99. The topological polar surface area (TPSA) is 51.2 Å². The first-order valence-corrected chi connectivity index (χ1v) is 9.02. The van der Waals surface area contributed by atoms with Crippen LogP contribution in [0.5, 0.6) is 5.75 Å². The van der Waals surface area contributed by atoms with Crippen molar-refractivity contribution in [2.75, 3.05) is 7.11 Å². The minimum Gasteiger partial charge on any atom is -0.497 e. The summed E-state index contributed by atoms with van der Waals surface area (Å²) in [6, 6.07) is 20.0. The maximum Gasteiger partial charge on any atom is 0.221 e. The Balaban J connectivity index is 1.74. The van der Waals surface area contributed by atoms with E-state index in [1.807, 2.05) is 61.7 Å². The van der Waals surface area contributed by atoms with Crippen molar-refractivity contribution < 1.29 is 9.53 Å². The van der Waals surface area contributed by atoms with Gasteiger partial charge in [0.25, 0.3) is 0 Å². The minimum atomic E-state index is -0.00403. The van der Waals surface area contributed by atoms with Crippen LogP contribution in [0.15, 0.2) is 73.1 Å². The number of carbonyl (C=O) groups is 1. The second-order valence-electron chi connectivity index (χ2n) is 6.52. The molecule has 0 bridgehead atoms. The second-order valence-corrected chi connectivity index (χ2v) is 6.52. The largest absolute Gasteiger partial charge is 0.497 e. The van der Waals surface area contributed by atoms with Gasteiger partial charge in [0.15, 0.2) is 0 Å². The van der Waals surface area contributed by atoms with E-state index >= 15 is 0 Å². The maximum absolute atomic E-state index is 12.7. The van der Waals surface area contributed by atoms with Crippen LogP contribution in [0.1, 0.15) is 34.6 Å². The molecular weight excluding hydrogens is 336 g/mol. The Morgan fingerprint density at radius 1 is 1.04 bits per heavy atom. The Kier molecular flexibility index (Phi) is 6.21. The van der Waals surface area contributed by atoms with Crippen molar-refractivity contribution in [3.05, 3.63) is 95.3 Å². The zero-order chi connectivity index (χ0) is 19.1. The van der Waals surface area contributed by atoms with Gasteiger partial charge in [0.05, 0.1) is 7.11 Å². The number of pyridine rings is 1. The summed E-state index contributed by atoms with van der Waals surface area (Å²) in [6.07, 6.45) is 3.95. The van der Waals surface area contributed by atoms with Gasteiger partial charge in [0.2, 0.25) is 5.91 Å². The van der Waals surface area contributed by atoms with Crippen LogP contribution < -0.4 is 10.1 Å². The predicted molar refractivity (Wildman–Crippen MR) is 107 cm³/mol. The summed E-state index contributed by atoms with van der Waals surface area (Å²) >= 11 is 0. The fraction of sp³-hybridized carbons (Fsp3) is 0.217. The van der Waals surface area contributed by atoms with Crippen LogP contribution in [0.25, 0.3) is 0 Å². The molecule has 27 heavy (non-hydrogen) atoms. The summed E-state index contributed by atoms with van der Waals surface area (Å²) < 4.78 is 5.25. The molecule has 0 spiro atoms. The van der Waals surface area contributed by atoms with Gasteiger partial charge in [-0.15, -0.1) is 0 Å². The van der Waals surface area contributed by atoms with Gasteiger partial charge in [-0.25, -0.2) is 0 Å². The molecule has 1 N–H and O–H groups in total. The lowest BCUT2D eigenvalue weighted by Crippen LogP contribution is -2.25. The summed E-state index contributed by atoms with van der Waals surface area (Å²) in [6.45, 7) is 2.51. The Hall–Kier alpha value is -3.14. The van der Waals surface area contributed by atoms with Gasteiger partial charge in [-0.1, -0.05) is 42.5 Å². The van der Waals surface area contributed by atoms with E-state index in [1.54, 1.807) is 13.3 Å². The molecule has 0 fully saturated rings. The maximum atomic E-state index is 12.7. The molecule has 1 aromatic heterocycles. The van der Waals surface area contributed by atoms with Crippen molar-refractivity contribution in [3.8, 4) is 5.75 Å². The molecule has 0 saturated carbocycles. The lowest BCUT2D eigenvalue weighted by atomic mass is 9.88. The molecule has 1 atom stereocenters. The lowest BCUT2D eigenvalue weighted by molar-refractivity contribution is -0.121. The highest BCUT2D eigenvalue weighted by atomic mass is 16.5. The third-order valence-corrected chi connectivity index (χ3v) is 4.72. The average Bonchev–Trinajstić information content (AvgIpc) is 2.72. The van der Waals surface area contributed by atoms with E-state index in [0.717, 1.165) is 28.0 Å². The van der Waals surface area contributed by atoms with Gasteiger partial charge >= 0.3 is 0 Å². The van der Waals surface area contributed by atoms with Crippen molar-refractivity contribution in [3.63, 3.8) is 0 Å². The van der Waals surface area contributed by atoms with Crippen molar-refractivity contribution >= 4 is 5.91 Å². The van der Waals surface area contributed by atoms with E-state index in [-0.39, 0.29) is 11.8 Å². The zero-order valence-electron chi connectivity index (χ0n) is 15.7. The highest BCUT2D eigenvalue weighted by molar-refractivity contribution is 5.77. The molecular formula is C23H24N2O2. The fourth-order valence-electron chi connectivity index (χ4n) is 3.10. The lowest BCUT2D eigenvalue weighted by Gasteiger charge is -2.18. The molecule has 0 unspecified atom stereocenters. The molecule has 4 nitrogen and oxygen atoms in total. The summed E-state index contributed by atoms with van der Waals surface area (Å²) in [4.78, 5) is 16.7. The third kappa shape index (κ3) is 4.94. The van der Waals surface area contributed by atoms with Crippen molar-refractivity contribution in [2.45, 2.75) is 25.8 Å². The normalized spacial score (nSPS) is 11.6. The molecule has 138 valence electrons. The van der Waals surface area contributed by atoms with Crippen LogP contribution in [0.2, 0.25) is 0 Å². The first-order chi connectivity index (χ1) is 13.2. The molecule has 0 aliphatic heterocycles. The summed E-state index contributed by atoms with van der Waals surface area (Å²) in [5, 5.41) is 3.04. The molecule has 0 radical (unpaired) electrons. The Morgan fingerprint density at radius 3 is 2.41 bits per heavy atom. The molecule has 3 rings (SSSR count). The van der Waals surface area contributed by atoms with Crippen LogP contribution in [0.3, 0.4) is 0 Å². The van der Waals surface area contributed by atoms with Gasteiger partial charge in [0, 0.05) is 31.3 Å². The van der Waals surface area contributed by atoms with E-state index in [1.165, 1.54) is 0 Å². The number of nitrogens with zero attached hydrogens (tertiary/aromatic N) is 1. The Bertz CT molecular complexity index is 876. The van der Waals surface area contributed by atoms with Crippen LogP contribution in [-0.2, 0) is 11.3 Å². The number of nitrogens with one attached hydrogen (secondary N) is 1. The summed E-state index contributed by atoms with van der Waals surface area (Å²) in [5.41, 5.74) is 4.38. The van der Waals surface area contributed by atoms with Crippen LogP contribution in [0, 0.1) is 6.92 Å². The number of hydrogen-bond acceptors (Lipinski definition) is 3. The number of aromatic nitrogens is 1. The quantitative estimate of drug-likeness (QED) is 0.686. The number of aryl methyl sites for hydroxylation is 1. The number of rotatable bonds is 7. The first-order valence-electron chi connectivity index (χ1n) is 9.02. The first kappa shape index (κ1) is 18.6. The van der Waals surface area contributed by atoms with E-state index in [4.69, 9.17) is 4.74 Å². The average molecular weight is 360 g/mol. The number of benzene rings is 2. The van der Waals surface area contributed by atoms with Gasteiger partial charge in [0.1, 0.15) is 5.75 Å². The monoisotopic (exact) mass is 360 g/mol. The molecule has 0 aliphatic carbocycles. The minimum absolute atomic E-state index is 0.00403. The molecule has 1 amide bonds. The van der Waals surface area contributed by atoms with E-state index < -0.39 is 0 Å². The highest BCUT2D eigenvalue weighted by Crippen LogP contribution is 2.29. The predicted octanol–water partition coefficient (Wildman–Crippen LogP) is 4.24. The molecule has 2 aromatic carbocycles. The molecule has 0 aliphatic rings. The smallest absolute Gasteiger partial charge is 0.221 e. The number of carbonyl (C=O) groups excluding carboxylic acids is 1. The summed E-state index contributed by atoms with van der Waals surface area (Å²) in [7, 11) is 1.65. The fourth-order valence-corrected chi connectivity index (χ4v) is 3.10. The van der Waals surface area contributed by atoms with Crippen LogP contribution in [0.4, 0.5) is 0 Å². The van der Waals surface area contributed by atoms with Gasteiger partial charge < -0.3 is 10.1 Å². The molecule has 4 heteroatoms. The molecule has 3 aromatic rings. The highest BCUT2D eigenvalue weighted by Gasteiger charge is 2.18. The summed E-state index contributed by atoms with van der Waals surface area (Å²) in [5.74, 6) is 0.828. The van der Waals surface area contributed by atoms with Gasteiger partial charge in [-0.05, 0) is 47.4 Å². The van der Waals surface area contributed by atoms with Gasteiger partial charge in [-0.3, -0.25) is 9.78 Å². The zero-order valence-corrected chi connectivity index (χ0v) is 15.7. The third-order valence-electron chi connectivity index (χ3n) is 4.72. The molecule has 1 heterocycles. The number of hydrogen-bond donors (Lipinski definition) is 1. The van der Waals surface area contributed by atoms with Crippen molar-refractivity contribution in [1.29, 1.82) is 0 Å². The van der Waals surface area contributed by atoms with Gasteiger partial charge in [-0.2, -0.15) is 0 Å². The van der Waals surface area contributed by atoms with E-state index in [2.05, 4.69) is 22.4 Å². The van der Waals surface area contributed by atoms with E-state index in [9.17, 15) is 4.79 Å². The van der Waals surface area contributed by atoms with Crippen molar-refractivity contribution in [2.24, 2.45) is 0 Å². The van der Waals surface area contributed by atoms with Crippen LogP contribution >= 0.6 is 0 Å². The Morgan fingerprint density at radius 2 is 1.74 bits per heavy atom. The molecule has 0 saturated heterocycles. The Labute approximate surface area is 160 Å².